The van der Waals surface area contributed by atoms with E-state index in [-0.39, 0.29) is 17.4 Å². The molecule has 150 valence electrons. The molecule has 0 saturated heterocycles. The highest BCUT2D eigenvalue weighted by atomic mass is 16.5. The van der Waals surface area contributed by atoms with Gasteiger partial charge < -0.3 is 20.7 Å². The van der Waals surface area contributed by atoms with Crippen LogP contribution < -0.4 is 16.6 Å². The van der Waals surface area contributed by atoms with Crippen LogP contribution in [0, 0.1) is 5.92 Å². The Morgan fingerprint density at radius 3 is 2.93 bits per heavy atom. The van der Waals surface area contributed by atoms with Gasteiger partial charge in [-0.1, -0.05) is 0 Å². The van der Waals surface area contributed by atoms with Crippen LogP contribution in [0.1, 0.15) is 25.0 Å². The topological polar surface area (TPSA) is 115 Å². The molecule has 0 spiro atoms. The summed E-state index contributed by atoms with van der Waals surface area (Å²) in [5, 5.41) is 7.65. The number of carbonyl (C=O) groups is 1. The maximum atomic E-state index is 11.9. The van der Waals surface area contributed by atoms with Crippen molar-refractivity contribution in [2.24, 2.45) is 23.7 Å². The number of nitrogens with one attached hydrogen (secondary N) is 1. The third kappa shape index (κ3) is 3.02. The minimum Gasteiger partial charge on any atom is -0.495 e. The van der Waals surface area contributed by atoms with E-state index in [0.717, 1.165) is 37.1 Å². The molecule has 3 aliphatic heterocycles. The van der Waals surface area contributed by atoms with Crippen molar-refractivity contribution >= 4 is 11.7 Å². The van der Waals surface area contributed by atoms with E-state index in [1.165, 1.54) is 16.3 Å². The van der Waals surface area contributed by atoms with E-state index in [0.29, 0.717) is 23.8 Å². The molecule has 3 N–H and O–H groups in total. The Kier molecular flexibility index (Phi) is 4.04. The minimum absolute atomic E-state index is 0.169. The van der Waals surface area contributed by atoms with Gasteiger partial charge in [0.05, 0.1) is 11.4 Å². The summed E-state index contributed by atoms with van der Waals surface area (Å²) in [6, 6.07) is 2.77. The van der Waals surface area contributed by atoms with Gasteiger partial charge in [0.2, 0.25) is 5.91 Å². The van der Waals surface area contributed by atoms with Crippen molar-refractivity contribution in [2.75, 3.05) is 13.2 Å². The molecule has 1 aromatic rings. The van der Waals surface area contributed by atoms with Crippen LogP contribution in [0.2, 0.25) is 0 Å². The number of aryl methyl sites for hydroxylation is 1. The van der Waals surface area contributed by atoms with Crippen LogP contribution in [-0.2, 0) is 16.6 Å². The van der Waals surface area contributed by atoms with Crippen molar-refractivity contribution in [3.05, 3.63) is 63.2 Å². The predicted molar refractivity (Wildman–Crippen MR) is 105 cm³/mol. The van der Waals surface area contributed by atoms with Gasteiger partial charge in [-0.25, -0.2) is 9.67 Å². The molecule has 0 aromatic carbocycles. The van der Waals surface area contributed by atoms with E-state index in [9.17, 15) is 9.59 Å². The molecule has 4 aliphatic rings. The maximum Gasteiger partial charge on any atom is 0.266 e. The number of amides is 1. The quantitative estimate of drug-likeness (QED) is 0.733. The van der Waals surface area contributed by atoms with Gasteiger partial charge in [0.1, 0.15) is 24.6 Å². The van der Waals surface area contributed by atoms with Crippen molar-refractivity contribution in [1.29, 1.82) is 0 Å². The highest BCUT2D eigenvalue weighted by Gasteiger charge is 2.39. The molecule has 1 saturated carbocycles. The lowest BCUT2D eigenvalue weighted by Crippen LogP contribution is -2.43. The van der Waals surface area contributed by atoms with Crippen LogP contribution in [0.5, 0.6) is 0 Å². The number of rotatable bonds is 5. The van der Waals surface area contributed by atoms with Crippen molar-refractivity contribution in [2.45, 2.75) is 25.3 Å². The van der Waals surface area contributed by atoms with Gasteiger partial charge in [-0.05, 0) is 36.8 Å². The van der Waals surface area contributed by atoms with E-state index < -0.39 is 6.04 Å². The van der Waals surface area contributed by atoms with Gasteiger partial charge in [-0.2, -0.15) is 5.10 Å². The average molecular weight is 394 g/mol. The number of aromatic nitrogens is 2. The molecule has 9 nitrogen and oxygen atoms in total. The molecule has 9 heteroatoms. The van der Waals surface area contributed by atoms with Gasteiger partial charge in [0.15, 0.2) is 5.84 Å². The first-order valence-electron chi connectivity index (χ1n) is 9.73. The molecule has 29 heavy (non-hydrogen) atoms. The molecule has 4 heterocycles. The van der Waals surface area contributed by atoms with Crippen molar-refractivity contribution in [1.82, 2.24) is 20.0 Å². The molecule has 1 aliphatic carbocycles. The Hall–Kier alpha value is -3.36. The summed E-state index contributed by atoms with van der Waals surface area (Å²) in [5.41, 5.74) is 9.88. The van der Waals surface area contributed by atoms with Crippen LogP contribution in [0.3, 0.4) is 0 Å². The fourth-order valence-corrected chi connectivity index (χ4v) is 4.05. The Balaban J connectivity index is 1.54. The maximum absolute atomic E-state index is 11.9. The number of nitrogens with zero attached hydrogens (tertiary/aromatic N) is 4. The summed E-state index contributed by atoms with van der Waals surface area (Å²) in [5.74, 6) is 0.609. The number of primary amides is 1. The molecular weight excluding hydrogens is 372 g/mol. The fraction of sp³-hybridized carbons (Fsp3) is 0.400. The summed E-state index contributed by atoms with van der Waals surface area (Å²) >= 11 is 0. The summed E-state index contributed by atoms with van der Waals surface area (Å²) < 4.78 is 7.08. The van der Waals surface area contributed by atoms with Gasteiger partial charge >= 0.3 is 0 Å². The standard InChI is InChI=1S/C20H22N6O3/c1-25-16(27)5-4-14(24-25)20-22-8-13-15(23-17(19(21)28)11-2-3-11)10-29-9-12-6-7-26(20)18(12)13/h4-5,8,10-11,17,23H,2-3,6-7,9H2,1H3,(H2,21,28). The number of ether oxygens (including phenoxy) is 1. The normalized spacial score (nSPS) is 21.4. The summed E-state index contributed by atoms with van der Waals surface area (Å²) in [6.07, 6.45) is 6.27. The van der Waals surface area contributed by atoms with Gasteiger partial charge in [-0.15, -0.1) is 0 Å². The number of nitrogens with two attached hydrogens (primary N) is 1. The number of aliphatic imine (C=N–C) groups is 1. The smallest absolute Gasteiger partial charge is 0.266 e. The number of amidine groups is 1. The van der Waals surface area contributed by atoms with E-state index >= 15 is 0 Å². The third-order valence-corrected chi connectivity index (χ3v) is 5.72. The van der Waals surface area contributed by atoms with Gasteiger partial charge in [-0.3, -0.25) is 9.59 Å². The predicted octanol–water partition coefficient (Wildman–Crippen LogP) is 0.109. The summed E-state index contributed by atoms with van der Waals surface area (Å²) in [6.45, 7) is 1.23. The zero-order valence-corrected chi connectivity index (χ0v) is 16.1. The molecule has 1 fully saturated rings. The Bertz CT molecular complexity index is 1080. The monoisotopic (exact) mass is 394 g/mol. The minimum atomic E-state index is -0.418. The molecule has 0 bridgehead atoms. The molecule has 1 aromatic heterocycles. The van der Waals surface area contributed by atoms with Crippen LogP contribution in [-0.4, -0.2) is 45.6 Å². The molecule has 1 unspecified atom stereocenters. The highest BCUT2D eigenvalue weighted by Crippen LogP contribution is 2.39. The summed E-state index contributed by atoms with van der Waals surface area (Å²) in [4.78, 5) is 30.4. The highest BCUT2D eigenvalue weighted by molar-refractivity contribution is 6.00. The van der Waals surface area contributed by atoms with Crippen molar-refractivity contribution < 1.29 is 9.53 Å². The molecule has 1 amide bonds. The Morgan fingerprint density at radius 2 is 2.21 bits per heavy atom. The second-order valence-corrected chi connectivity index (χ2v) is 7.73. The lowest BCUT2D eigenvalue weighted by molar-refractivity contribution is -0.120. The van der Waals surface area contributed by atoms with Crippen LogP contribution in [0.25, 0.3) is 0 Å². The van der Waals surface area contributed by atoms with E-state index in [4.69, 9.17) is 10.5 Å². The average Bonchev–Trinajstić information content (AvgIpc) is 3.47. The van der Waals surface area contributed by atoms with Crippen LogP contribution in [0.4, 0.5) is 0 Å². The first-order chi connectivity index (χ1) is 14.0. The lowest BCUT2D eigenvalue weighted by atomic mass is 10.0. The van der Waals surface area contributed by atoms with Crippen molar-refractivity contribution in [3.63, 3.8) is 0 Å². The second-order valence-electron chi connectivity index (χ2n) is 7.73. The van der Waals surface area contributed by atoms with Crippen molar-refractivity contribution in [3.8, 4) is 0 Å². The fourth-order valence-electron chi connectivity index (χ4n) is 4.05. The SMILES string of the molecule is Cn1nc(C2=NC=C3C(NC(C(N)=O)C4CC4)=COCC4=C3N2CC4)ccc1=O. The number of hydrogen-bond donors (Lipinski definition) is 2. The van der Waals surface area contributed by atoms with E-state index in [1.807, 2.05) is 0 Å². The third-order valence-electron chi connectivity index (χ3n) is 5.72. The van der Waals surface area contributed by atoms with Crippen LogP contribution in [0.15, 0.2) is 56.9 Å². The van der Waals surface area contributed by atoms with Gasteiger partial charge in [0.25, 0.3) is 5.56 Å². The van der Waals surface area contributed by atoms with E-state index in [2.05, 4.69) is 20.3 Å². The Morgan fingerprint density at radius 1 is 1.38 bits per heavy atom. The molecule has 5 rings (SSSR count). The Labute approximate surface area is 167 Å². The molecule has 0 radical (unpaired) electrons. The van der Waals surface area contributed by atoms with Crippen LogP contribution >= 0.6 is 0 Å². The zero-order chi connectivity index (χ0) is 20.1. The lowest BCUT2D eigenvalue weighted by Gasteiger charge is -2.30. The summed E-state index contributed by atoms with van der Waals surface area (Å²) in [7, 11) is 1.62. The van der Waals surface area contributed by atoms with E-state index in [1.54, 1.807) is 25.6 Å². The molecule has 1 atom stereocenters. The number of hydrogen-bond acceptors (Lipinski definition) is 7. The zero-order valence-electron chi connectivity index (χ0n) is 16.1. The first-order valence-corrected chi connectivity index (χ1v) is 9.73. The number of carbonyl (C=O) groups excluding carboxylic acids is 1. The second kappa shape index (κ2) is 6.61. The largest absolute Gasteiger partial charge is 0.495 e. The van der Waals surface area contributed by atoms with Gasteiger partial charge in [0, 0.05) is 31.4 Å². The molecular formula is C20H22N6O3. The first kappa shape index (κ1) is 17.7.